The molecule has 1 heterocycles. The van der Waals surface area contributed by atoms with Gasteiger partial charge in [-0.15, -0.1) is 0 Å². The molecule has 2 bridgehead atoms. The molecule has 3 saturated carbocycles. The molecule has 0 aromatic heterocycles. The van der Waals surface area contributed by atoms with Crippen LogP contribution in [-0.4, -0.2) is 67.8 Å². The van der Waals surface area contributed by atoms with Crippen molar-refractivity contribution >= 4 is 11.9 Å². The van der Waals surface area contributed by atoms with Gasteiger partial charge in [-0.2, -0.15) is 0 Å². The van der Waals surface area contributed by atoms with Crippen molar-refractivity contribution in [2.24, 2.45) is 11.3 Å². The number of nitrogens with zero attached hydrogens (tertiary/aromatic N) is 2. The second kappa shape index (κ2) is 25.2. The van der Waals surface area contributed by atoms with E-state index in [0.717, 1.165) is 57.8 Å². The van der Waals surface area contributed by atoms with E-state index in [-0.39, 0.29) is 11.9 Å². The van der Waals surface area contributed by atoms with Crippen molar-refractivity contribution in [1.29, 1.82) is 0 Å². The second-order valence-electron chi connectivity index (χ2n) is 15.2. The summed E-state index contributed by atoms with van der Waals surface area (Å²) in [5.41, 5.74) is 0.320. The van der Waals surface area contributed by atoms with E-state index in [1.165, 1.54) is 135 Å². The van der Waals surface area contributed by atoms with Crippen molar-refractivity contribution < 1.29 is 19.1 Å². The average molecular weight is 660 g/mol. The third-order valence-corrected chi connectivity index (χ3v) is 11.1. The number of rotatable bonds is 30. The molecule has 4 rings (SSSR count). The van der Waals surface area contributed by atoms with Crippen molar-refractivity contribution in [3.8, 4) is 0 Å². The van der Waals surface area contributed by atoms with Crippen molar-refractivity contribution in [3.63, 3.8) is 0 Å². The molecular weight excluding hydrogens is 586 g/mol. The fraction of sp³-hybridized carbons (Fsp3) is 0.900. The van der Waals surface area contributed by atoms with Crippen LogP contribution in [0, 0.1) is 11.3 Å². The van der Waals surface area contributed by atoms with Crippen molar-refractivity contribution in [2.45, 2.75) is 174 Å². The van der Waals surface area contributed by atoms with E-state index in [1.54, 1.807) is 0 Å². The highest BCUT2D eigenvalue weighted by molar-refractivity contribution is 5.69. The number of fused-ring (bicyclic) bond motifs is 3. The molecule has 0 atom stereocenters. The number of carbonyl (C=O) groups is 2. The summed E-state index contributed by atoms with van der Waals surface area (Å²) in [7, 11) is 0. The van der Waals surface area contributed by atoms with Gasteiger partial charge in [-0.05, 0) is 103 Å². The summed E-state index contributed by atoms with van der Waals surface area (Å²) in [5, 5.41) is 3.27. The summed E-state index contributed by atoms with van der Waals surface area (Å²) in [6, 6.07) is 0. The number of nitrogens with one attached hydrogen (secondary N) is 1. The molecular formula is C40H73N3O4. The van der Waals surface area contributed by atoms with E-state index < -0.39 is 0 Å². The van der Waals surface area contributed by atoms with Crippen LogP contribution in [0.2, 0.25) is 0 Å². The molecule has 1 aliphatic heterocycles. The highest BCUT2D eigenvalue weighted by Gasteiger charge is 2.41. The van der Waals surface area contributed by atoms with Gasteiger partial charge in [-0.25, -0.2) is 0 Å². The Morgan fingerprint density at radius 1 is 0.702 bits per heavy atom. The van der Waals surface area contributed by atoms with Crippen LogP contribution in [0.5, 0.6) is 0 Å². The minimum atomic E-state index is -0.00820. The molecule has 3 fully saturated rings. The van der Waals surface area contributed by atoms with E-state index in [1.807, 2.05) is 6.20 Å². The molecule has 272 valence electrons. The third-order valence-electron chi connectivity index (χ3n) is 11.1. The topological polar surface area (TPSA) is 71.1 Å². The highest BCUT2D eigenvalue weighted by Crippen LogP contribution is 2.50. The first-order chi connectivity index (χ1) is 23.1. The molecule has 0 unspecified atom stereocenters. The van der Waals surface area contributed by atoms with Gasteiger partial charge in [-0.1, -0.05) is 84.0 Å². The van der Waals surface area contributed by atoms with Gasteiger partial charge >= 0.3 is 11.9 Å². The lowest BCUT2D eigenvalue weighted by Crippen LogP contribution is -2.38. The molecule has 3 aliphatic carbocycles. The van der Waals surface area contributed by atoms with Gasteiger partial charge in [0.15, 0.2) is 0 Å². The Balaban J connectivity index is 1.16. The molecule has 0 spiro atoms. The molecule has 0 saturated heterocycles. The zero-order chi connectivity index (χ0) is 33.3. The maximum Gasteiger partial charge on any atom is 0.305 e. The van der Waals surface area contributed by atoms with Crippen LogP contribution >= 0.6 is 0 Å². The zero-order valence-electron chi connectivity index (χ0n) is 30.6. The molecule has 7 nitrogen and oxygen atoms in total. The molecule has 1 N–H and O–H groups in total. The number of unbranched alkanes of at least 4 members (excludes halogenated alkanes) is 14. The summed E-state index contributed by atoms with van der Waals surface area (Å²) in [6.45, 7) is 9.05. The van der Waals surface area contributed by atoms with Crippen molar-refractivity contribution in [1.82, 2.24) is 15.1 Å². The van der Waals surface area contributed by atoms with Crippen molar-refractivity contribution in [2.75, 3.05) is 46.1 Å². The van der Waals surface area contributed by atoms with Gasteiger partial charge in [0.2, 0.25) is 0 Å². The lowest BCUT2D eigenvalue weighted by atomic mass is 9.61. The van der Waals surface area contributed by atoms with Crippen LogP contribution < -0.4 is 5.32 Å². The number of ether oxygens (including phenoxy) is 2. The van der Waals surface area contributed by atoms with Gasteiger partial charge in [0.05, 0.1) is 19.9 Å². The summed E-state index contributed by atoms with van der Waals surface area (Å²) in [5.74, 6) is 0.972. The van der Waals surface area contributed by atoms with Crippen LogP contribution in [0.15, 0.2) is 12.4 Å². The highest BCUT2D eigenvalue weighted by atomic mass is 16.5. The lowest BCUT2D eigenvalue weighted by molar-refractivity contribution is -0.150. The predicted octanol–water partition coefficient (Wildman–Crippen LogP) is 9.50. The molecule has 7 heteroatoms. The number of carbonyl (C=O) groups excluding carboxylic acids is 2. The lowest BCUT2D eigenvalue weighted by Gasteiger charge is -2.46. The Hall–Kier alpha value is -1.76. The standard InChI is InChI=1S/C40H73N3O4/c1-2-3-4-5-6-13-18-34-46-38(44)20-14-9-7-11-16-29-42(31-19-32-43-33-28-41-36-43)30-17-12-8-10-15-21-39(45)47-35-40-25-22-37(23-26-40)24-27-40/h28,33,37,41H,2-27,29-32,34-36H2,1H3. The minimum absolute atomic E-state index is 0.00820. The van der Waals surface area contributed by atoms with E-state index in [2.05, 4.69) is 28.2 Å². The van der Waals surface area contributed by atoms with Gasteiger partial charge in [-0.3, -0.25) is 9.59 Å². The Morgan fingerprint density at radius 2 is 1.23 bits per heavy atom. The first kappa shape index (κ1) is 39.7. The quantitative estimate of drug-likeness (QED) is 0.0608. The molecule has 0 aromatic carbocycles. The summed E-state index contributed by atoms with van der Waals surface area (Å²) in [4.78, 5) is 29.4. The van der Waals surface area contributed by atoms with Crippen LogP contribution in [0.1, 0.15) is 174 Å². The van der Waals surface area contributed by atoms with Gasteiger partial charge < -0.3 is 24.6 Å². The fourth-order valence-corrected chi connectivity index (χ4v) is 7.82. The smallest absolute Gasteiger partial charge is 0.305 e. The predicted molar refractivity (Wildman–Crippen MR) is 194 cm³/mol. The Kier molecular flexibility index (Phi) is 21.3. The third kappa shape index (κ3) is 18.5. The van der Waals surface area contributed by atoms with Crippen molar-refractivity contribution in [3.05, 3.63) is 12.4 Å². The Bertz CT molecular complexity index is 828. The molecule has 4 aliphatic rings. The van der Waals surface area contributed by atoms with Gasteiger partial charge in [0, 0.05) is 37.2 Å². The minimum Gasteiger partial charge on any atom is -0.466 e. The van der Waals surface area contributed by atoms with E-state index in [4.69, 9.17) is 9.47 Å². The van der Waals surface area contributed by atoms with Crippen LogP contribution in [0.3, 0.4) is 0 Å². The second-order valence-corrected chi connectivity index (χ2v) is 15.2. The molecule has 0 radical (unpaired) electrons. The fourth-order valence-electron chi connectivity index (χ4n) is 7.82. The normalized spacial score (nSPS) is 20.2. The van der Waals surface area contributed by atoms with Gasteiger partial charge in [0.25, 0.3) is 0 Å². The van der Waals surface area contributed by atoms with E-state index in [9.17, 15) is 9.59 Å². The molecule has 0 amide bonds. The SMILES string of the molecule is CCCCCCCCCOC(=O)CCCCCCCN(CCCCCCCC(=O)OCC12CCC(CC1)CC2)CCCN1C=CNC1. The molecule has 0 aromatic rings. The number of esters is 2. The maximum atomic E-state index is 12.4. The first-order valence-corrected chi connectivity index (χ1v) is 20.3. The Labute approximate surface area is 289 Å². The Morgan fingerprint density at radius 3 is 1.83 bits per heavy atom. The number of hydrogen-bond acceptors (Lipinski definition) is 7. The van der Waals surface area contributed by atoms with E-state index >= 15 is 0 Å². The van der Waals surface area contributed by atoms with E-state index in [0.29, 0.717) is 31.5 Å². The summed E-state index contributed by atoms with van der Waals surface area (Å²) < 4.78 is 11.2. The zero-order valence-corrected chi connectivity index (χ0v) is 30.6. The number of hydrogen-bond donors (Lipinski definition) is 1. The maximum absolute atomic E-state index is 12.4. The summed E-state index contributed by atoms with van der Waals surface area (Å²) >= 11 is 0. The van der Waals surface area contributed by atoms with Gasteiger partial charge in [0.1, 0.15) is 0 Å². The molecule has 47 heavy (non-hydrogen) atoms. The first-order valence-electron chi connectivity index (χ1n) is 20.3. The summed E-state index contributed by atoms with van der Waals surface area (Å²) in [6.07, 6.45) is 34.7. The monoisotopic (exact) mass is 660 g/mol. The van der Waals surface area contributed by atoms with Crippen LogP contribution in [0.4, 0.5) is 0 Å². The van der Waals surface area contributed by atoms with Crippen LogP contribution in [-0.2, 0) is 19.1 Å². The average Bonchev–Trinajstić information content (AvgIpc) is 3.62. The van der Waals surface area contributed by atoms with Crippen LogP contribution in [0.25, 0.3) is 0 Å². The largest absolute Gasteiger partial charge is 0.466 e.